The lowest BCUT2D eigenvalue weighted by atomic mass is 10.2. The second-order valence-corrected chi connectivity index (χ2v) is 7.10. The minimum atomic E-state index is -0.508. The van der Waals surface area contributed by atoms with Crippen LogP contribution in [0.1, 0.15) is 33.0 Å². The van der Waals surface area contributed by atoms with Gasteiger partial charge in [-0.2, -0.15) is 4.98 Å². The monoisotopic (exact) mass is 345 g/mol. The molecule has 3 heterocycles. The third kappa shape index (κ3) is 4.26. The average Bonchev–Trinajstić information content (AvgIpc) is 3.14. The fourth-order valence-corrected chi connectivity index (χ4v) is 2.77. The highest BCUT2D eigenvalue weighted by Crippen LogP contribution is 2.29. The van der Waals surface area contributed by atoms with Crippen molar-refractivity contribution in [3.63, 3.8) is 0 Å². The predicted octanol–water partition coefficient (Wildman–Crippen LogP) is 2.54. The Kier molecular flexibility index (Phi) is 4.61. The van der Waals surface area contributed by atoms with Crippen molar-refractivity contribution in [1.82, 2.24) is 20.4 Å². The molecule has 2 aromatic heterocycles. The van der Waals surface area contributed by atoms with Gasteiger partial charge >= 0.3 is 6.09 Å². The van der Waals surface area contributed by atoms with Gasteiger partial charge in [-0.15, -0.1) is 0 Å². The van der Waals surface area contributed by atoms with Crippen molar-refractivity contribution in [2.75, 3.05) is 18.0 Å². The van der Waals surface area contributed by atoms with Crippen molar-refractivity contribution in [2.24, 2.45) is 0 Å². The minimum absolute atomic E-state index is 0.00845. The summed E-state index contributed by atoms with van der Waals surface area (Å²) in [5, 5.41) is 6.76. The molecule has 0 bridgehead atoms. The highest BCUT2D eigenvalue weighted by Gasteiger charge is 2.29. The summed E-state index contributed by atoms with van der Waals surface area (Å²) in [6.45, 7) is 8.74. The summed E-state index contributed by atoms with van der Waals surface area (Å²) in [4.78, 5) is 22.8. The molecule has 0 aromatic carbocycles. The maximum Gasteiger partial charge on any atom is 0.407 e. The number of nitrogens with zero attached hydrogens (tertiary/aromatic N) is 4. The molecule has 0 spiro atoms. The summed E-state index contributed by atoms with van der Waals surface area (Å²) >= 11 is 0. The first-order valence-corrected chi connectivity index (χ1v) is 8.32. The third-order valence-electron chi connectivity index (χ3n) is 3.75. The Hall–Kier alpha value is -2.64. The molecule has 1 aliphatic heterocycles. The van der Waals surface area contributed by atoms with Gasteiger partial charge in [0.05, 0.1) is 11.6 Å². The van der Waals surface area contributed by atoms with Crippen molar-refractivity contribution in [2.45, 2.75) is 45.8 Å². The molecule has 0 radical (unpaired) electrons. The number of amides is 1. The van der Waals surface area contributed by atoms with Crippen LogP contribution in [0.25, 0.3) is 11.5 Å². The van der Waals surface area contributed by atoms with Crippen molar-refractivity contribution in [3.8, 4) is 11.5 Å². The fourth-order valence-electron chi connectivity index (χ4n) is 2.77. The van der Waals surface area contributed by atoms with Crippen LogP contribution in [0.3, 0.4) is 0 Å². The molecule has 0 aliphatic carbocycles. The molecule has 3 rings (SSSR count). The second-order valence-electron chi connectivity index (χ2n) is 7.10. The van der Waals surface area contributed by atoms with E-state index in [1.54, 1.807) is 13.1 Å². The van der Waals surface area contributed by atoms with Gasteiger partial charge in [0.2, 0.25) is 0 Å². The van der Waals surface area contributed by atoms with Gasteiger partial charge in [-0.25, -0.2) is 9.78 Å². The molecule has 8 heteroatoms. The minimum Gasteiger partial charge on any atom is -0.444 e. The molecule has 1 fully saturated rings. The van der Waals surface area contributed by atoms with Crippen molar-refractivity contribution in [3.05, 3.63) is 24.2 Å². The number of hydrogen-bond donors (Lipinski definition) is 1. The largest absolute Gasteiger partial charge is 0.444 e. The Bertz CT molecular complexity index is 753. The summed E-state index contributed by atoms with van der Waals surface area (Å²) in [6, 6.07) is 3.75. The van der Waals surface area contributed by atoms with Gasteiger partial charge in [-0.3, -0.25) is 0 Å². The van der Waals surface area contributed by atoms with Crippen LogP contribution < -0.4 is 10.2 Å². The number of carbonyl (C=O) groups is 1. The van der Waals surface area contributed by atoms with E-state index in [-0.39, 0.29) is 6.04 Å². The van der Waals surface area contributed by atoms with Gasteiger partial charge in [0.1, 0.15) is 11.4 Å². The highest BCUT2D eigenvalue weighted by molar-refractivity contribution is 5.71. The number of carbonyl (C=O) groups excluding carboxylic acids is 1. The smallest absolute Gasteiger partial charge is 0.407 e. The van der Waals surface area contributed by atoms with E-state index in [2.05, 4.69) is 25.3 Å². The normalized spacial score (nSPS) is 17.6. The van der Waals surface area contributed by atoms with E-state index < -0.39 is 11.7 Å². The first-order chi connectivity index (χ1) is 11.8. The third-order valence-corrected chi connectivity index (χ3v) is 3.75. The first kappa shape index (κ1) is 17.2. The lowest BCUT2D eigenvalue weighted by molar-refractivity contribution is 0.0509. The molecule has 1 unspecified atom stereocenters. The van der Waals surface area contributed by atoms with Gasteiger partial charge < -0.3 is 19.5 Å². The number of ether oxygens (including phenoxy) is 1. The van der Waals surface area contributed by atoms with Crippen molar-refractivity contribution in [1.29, 1.82) is 0 Å². The van der Waals surface area contributed by atoms with Crippen LogP contribution in [0.5, 0.6) is 0 Å². The van der Waals surface area contributed by atoms with E-state index in [9.17, 15) is 4.79 Å². The molecule has 1 atom stereocenters. The second kappa shape index (κ2) is 6.70. The molecular formula is C17H23N5O3. The number of alkyl carbamates (subject to hydrolysis) is 1. The van der Waals surface area contributed by atoms with Crippen LogP contribution in [-0.2, 0) is 4.74 Å². The zero-order valence-corrected chi connectivity index (χ0v) is 14.9. The molecule has 25 heavy (non-hydrogen) atoms. The van der Waals surface area contributed by atoms with Crippen molar-refractivity contribution < 1.29 is 14.1 Å². The van der Waals surface area contributed by atoms with Gasteiger partial charge in [-0.05, 0) is 46.2 Å². The van der Waals surface area contributed by atoms with Gasteiger partial charge in [0, 0.05) is 19.3 Å². The summed E-state index contributed by atoms with van der Waals surface area (Å²) < 4.78 is 10.6. The van der Waals surface area contributed by atoms with Crippen LogP contribution in [0.4, 0.5) is 10.6 Å². The predicted molar refractivity (Wildman–Crippen MR) is 92.3 cm³/mol. The Morgan fingerprint density at radius 3 is 2.92 bits per heavy atom. The Morgan fingerprint density at radius 1 is 1.44 bits per heavy atom. The fraction of sp³-hybridized carbons (Fsp3) is 0.529. The quantitative estimate of drug-likeness (QED) is 0.913. The van der Waals surface area contributed by atoms with E-state index in [0.717, 1.165) is 24.3 Å². The number of nitrogens with one attached hydrogen (secondary N) is 1. The number of rotatable bonds is 3. The van der Waals surface area contributed by atoms with Crippen LogP contribution in [-0.4, -0.2) is 46.0 Å². The Labute approximate surface area is 146 Å². The molecule has 2 aromatic rings. The molecule has 1 aliphatic rings. The number of pyridine rings is 1. The van der Waals surface area contributed by atoms with Crippen LogP contribution in [0.2, 0.25) is 0 Å². The average molecular weight is 345 g/mol. The molecule has 1 amide bonds. The summed E-state index contributed by atoms with van der Waals surface area (Å²) in [6.07, 6.45) is 2.16. The number of aromatic nitrogens is 3. The molecule has 134 valence electrons. The van der Waals surface area contributed by atoms with Crippen LogP contribution in [0.15, 0.2) is 22.9 Å². The lowest BCUT2D eigenvalue weighted by Gasteiger charge is -2.22. The highest BCUT2D eigenvalue weighted by atomic mass is 16.6. The van der Waals surface area contributed by atoms with Crippen LogP contribution in [0, 0.1) is 6.92 Å². The molecule has 1 saturated heterocycles. The van der Waals surface area contributed by atoms with Crippen molar-refractivity contribution >= 4 is 11.9 Å². The van der Waals surface area contributed by atoms with E-state index in [1.165, 1.54) is 0 Å². The Balaban J connectivity index is 1.70. The Morgan fingerprint density at radius 2 is 2.24 bits per heavy atom. The summed E-state index contributed by atoms with van der Waals surface area (Å²) in [7, 11) is 0. The zero-order chi connectivity index (χ0) is 18.0. The molecular weight excluding hydrogens is 322 g/mol. The number of anilines is 1. The first-order valence-electron chi connectivity index (χ1n) is 8.32. The summed E-state index contributed by atoms with van der Waals surface area (Å²) in [5.74, 6) is 1.81. The molecule has 0 saturated carbocycles. The van der Waals surface area contributed by atoms with Gasteiger partial charge in [0.15, 0.2) is 5.82 Å². The van der Waals surface area contributed by atoms with Gasteiger partial charge in [0.25, 0.3) is 5.89 Å². The zero-order valence-electron chi connectivity index (χ0n) is 14.9. The van der Waals surface area contributed by atoms with Crippen LogP contribution >= 0.6 is 0 Å². The lowest BCUT2D eigenvalue weighted by Crippen LogP contribution is -2.40. The topological polar surface area (TPSA) is 93.4 Å². The molecule has 1 N–H and O–H groups in total. The van der Waals surface area contributed by atoms with E-state index >= 15 is 0 Å². The van der Waals surface area contributed by atoms with E-state index in [4.69, 9.17) is 9.26 Å². The maximum absolute atomic E-state index is 11.9. The number of aryl methyl sites for hydroxylation is 1. The molecule has 8 nitrogen and oxygen atoms in total. The number of hydrogen-bond acceptors (Lipinski definition) is 7. The van der Waals surface area contributed by atoms with E-state index in [0.29, 0.717) is 18.3 Å². The summed E-state index contributed by atoms with van der Waals surface area (Å²) in [5.41, 5.74) is 0.285. The SMILES string of the molecule is Cc1noc(-c2cccnc2N2CCC(NC(=O)OC(C)(C)C)C2)n1. The van der Waals surface area contributed by atoms with Gasteiger partial charge in [-0.1, -0.05) is 5.16 Å². The van der Waals surface area contributed by atoms with E-state index in [1.807, 2.05) is 32.9 Å². The standard InChI is InChI=1S/C17H23N5O3/c1-11-19-15(25-21-11)13-6-5-8-18-14(13)22-9-7-12(10-22)20-16(23)24-17(2,3)4/h5-6,8,12H,7,9-10H2,1-4H3,(H,20,23). The maximum atomic E-state index is 11.9.